The summed E-state index contributed by atoms with van der Waals surface area (Å²) in [4.78, 5) is 17.0. The molecular weight excluding hydrogens is 286 g/mol. The molecular formula is C19H19N3O. The summed E-state index contributed by atoms with van der Waals surface area (Å²) in [5, 5.41) is 7.18. The summed E-state index contributed by atoms with van der Waals surface area (Å²) in [7, 11) is 0. The molecule has 116 valence electrons. The largest absolute Gasteiger partial charge is 0.385 e. The van der Waals surface area contributed by atoms with Crippen LogP contribution in [0.15, 0.2) is 54.6 Å². The number of aryl methyl sites for hydroxylation is 1. The number of nitrogens with zero attached hydrogens (tertiary/aromatic N) is 1. The molecule has 2 N–H and O–H groups in total. The van der Waals surface area contributed by atoms with Crippen molar-refractivity contribution in [3.63, 3.8) is 0 Å². The monoisotopic (exact) mass is 305 g/mol. The molecule has 0 spiro atoms. The van der Waals surface area contributed by atoms with Gasteiger partial charge in [-0.3, -0.25) is 9.78 Å². The Morgan fingerprint density at radius 3 is 2.57 bits per heavy atom. The van der Waals surface area contributed by atoms with Crippen LogP contribution in [-0.4, -0.2) is 17.4 Å². The average Bonchev–Trinajstić information content (AvgIpc) is 2.56. The highest BCUT2D eigenvalue weighted by molar-refractivity contribution is 6.08. The van der Waals surface area contributed by atoms with Crippen molar-refractivity contribution in [1.29, 1.82) is 0 Å². The Morgan fingerprint density at radius 2 is 1.83 bits per heavy atom. The van der Waals surface area contributed by atoms with Crippen molar-refractivity contribution < 1.29 is 4.79 Å². The van der Waals surface area contributed by atoms with Gasteiger partial charge in [0.05, 0.1) is 11.2 Å². The number of carbonyl (C=O) groups is 1. The predicted molar refractivity (Wildman–Crippen MR) is 95.0 cm³/mol. The first-order valence-corrected chi connectivity index (χ1v) is 7.69. The van der Waals surface area contributed by atoms with Crippen molar-refractivity contribution >= 4 is 28.2 Å². The fourth-order valence-corrected chi connectivity index (χ4v) is 2.48. The lowest BCUT2D eigenvalue weighted by Crippen LogP contribution is -2.12. The molecule has 3 rings (SSSR count). The molecule has 0 aliphatic heterocycles. The van der Waals surface area contributed by atoms with E-state index in [1.54, 1.807) is 0 Å². The number of amides is 1. The highest BCUT2D eigenvalue weighted by Gasteiger charge is 2.09. The fraction of sp³-hybridized carbons (Fsp3) is 0.158. The van der Waals surface area contributed by atoms with Gasteiger partial charge >= 0.3 is 0 Å². The van der Waals surface area contributed by atoms with Gasteiger partial charge in [0.1, 0.15) is 0 Å². The number of rotatable bonds is 4. The van der Waals surface area contributed by atoms with Gasteiger partial charge in [-0.1, -0.05) is 18.2 Å². The maximum atomic E-state index is 12.5. The number of hydrogen-bond acceptors (Lipinski definition) is 3. The van der Waals surface area contributed by atoms with Gasteiger partial charge in [0, 0.05) is 28.9 Å². The molecule has 3 aromatic rings. The summed E-state index contributed by atoms with van der Waals surface area (Å²) in [6.07, 6.45) is 0. The molecule has 4 nitrogen and oxygen atoms in total. The summed E-state index contributed by atoms with van der Waals surface area (Å²) < 4.78 is 0. The van der Waals surface area contributed by atoms with Gasteiger partial charge in [0.2, 0.25) is 0 Å². The van der Waals surface area contributed by atoms with Gasteiger partial charge in [-0.15, -0.1) is 0 Å². The molecule has 4 heteroatoms. The molecule has 0 saturated carbocycles. The van der Waals surface area contributed by atoms with Crippen LogP contribution in [0.2, 0.25) is 0 Å². The molecule has 1 aromatic heterocycles. The number of fused-ring (bicyclic) bond motifs is 1. The van der Waals surface area contributed by atoms with E-state index in [-0.39, 0.29) is 5.91 Å². The minimum atomic E-state index is -0.135. The number of pyridine rings is 1. The number of para-hydroxylation sites is 1. The van der Waals surface area contributed by atoms with Gasteiger partial charge < -0.3 is 10.6 Å². The molecule has 23 heavy (non-hydrogen) atoms. The van der Waals surface area contributed by atoms with E-state index in [9.17, 15) is 4.79 Å². The topological polar surface area (TPSA) is 54.0 Å². The molecule has 1 heterocycles. The third kappa shape index (κ3) is 3.31. The fourth-order valence-electron chi connectivity index (χ4n) is 2.48. The number of nitrogens with one attached hydrogen (secondary N) is 2. The Labute approximate surface area is 135 Å². The summed E-state index contributed by atoms with van der Waals surface area (Å²) in [6.45, 7) is 4.83. The zero-order valence-corrected chi connectivity index (χ0v) is 13.3. The Morgan fingerprint density at radius 1 is 1.04 bits per heavy atom. The molecule has 0 aliphatic rings. The van der Waals surface area contributed by atoms with Crippen LogP contribution < -0.4 is 10.6 Å². The minimum absolute atomic E-state index is 0.135. The van der Waals surface area contributed by atoms with Crippen molar-refractivity contribution in [2.45, 2.75) is 13.8 Å². The van der Waals surface area contributed by atoms with Gasteiger partial charge in [0.15, 0.2) is 0 Å². The van der Waals surface area contributed by atoms with Crippen molar-refractivity contribution in [2.24, 2.45) is 0 Å². The Balaban J connectivity index is 1.86. The second-order valence-electron chi connectivity index (χ2n) is 5.39. The highest BCUT2D eigenvalue weighted by Crippen LogP contribution is 2.22. The third-order valence-electron chi connectivity index (χ3n) is 3.64. The summed E-state index contributed by atoms with van der Waals surface area (Å²) in [6, 6.07) is 17.2. The van der Waals surface area contributed by atoms with Crippen LogP contribution in [0.1, 0.15) is 23.0 Å². The predicted octanol–water partition coefficient (Wildman–Crippen LogP) is 4.23. The minimum Gasteiger partial charge on any atom is -0.385 e. The zero-order valence-electron chi connectivity index (χ0n) is 13.3. The van der Waals surface area contributed by atoms with Crippen LogP contribution in [0.3, 0.4) is 0 Å². The van der Waals surface area contributed by atoms with Gasteiger partial charge in [-0.25, -0.2) is 0 Å². The standard InChI is InChI=1S/C19H19N3O/c1-3-20-16-11-9-15(10-12-16)19(23)22-17-6-4-5-14-8-7-13(2)21-18(14)17/h4-12,20H,3H2,1-2H3,(H,22,23). The van der Waals surface area contributed by atoms with Crippen molar-refractivity contribution in [1.82, 2.24) is 4.98 Å². The molecule has 0 unspecified atom stereocenters. The second kappa shape index (κ2) is 6.48. The highest BCUT2D eigenvalue weighted by atomic mass is 16.1. The maximum Gasteiger partial charge on any atom is 0.255 e. The van der Waals surface area contributed by atoms with E-state index in [1.165, 1.54) is 0 Å². The third-order valence-corrected chi connectivity index (χ3v) is 3.64. The zero-order chi connectivity index (χ0) is 16.2. The van der Waals surface area contributed by atoms with E-state index in [4.69, 9.17) is 0 Å². The van der Waals surface area contributed by atoms with E-state index < -0.39 is 0 Å². The number of aromatic nitrogens is 1. The molecule has 0 radical (unpaired) electrons. The molecule has 1 amide bonds. The van der Waals surface area contributed by atoms with E-state index in [1.807, 2.05) is 68.4 Å². The second-order valence-corrected chi connectivity index (χ2v) is 5.39. The first-order chi connectivity index (χ1) is 11.2. The summed E-state index contributed by atoms with van der Waals surface area (Å²) >= 11 is 0. The smallest absolute Gasteiger partial charge is 0.255 e. The average molecular weight is 305 g/mol. The van der Waals surface area contributed by atoms with Crippen LogP contribution in [-0.2, 0) is 0 Å². The molecule has 0 saturated heterocycles. The number of carbonyl (C=O) groups excluding carboxylic acids is 1. The van der Waals surface area contributed by atoms with Crippen LogP contribution in [0.25, 0.3) is 10.9 Å². The molecule has 0 bridgehead atoms. The lowest BCUT2D eigenvalue weighted by atomic mass is 10.1. The summed E-state index contributed by atoms with van der Waals surface area (Å²) in [5.74, 6) is -0.135. The SMILES string of the molecule is CCNc1ccc(C(=O)Nc2cccc3ccc(C)nc23)cc1. The number of hydrogen-bond donors (Lipinski definition) is 2. The van der Waals surface area contributed by atoms with E-state index in [0.717, 1.165) is 34.5 Å². The number of benzene rings is 2. The van der Waals surface area contributed by atoms with E-state index in [2.05, 4.69) is 15.6 Å². The summed E-state index contributed by atoms with van der Waals surface area (Å²) in [5.41, 5.74) is 4.09. The molecule has 0 aliphatic carbocycles. The quantitative estimate of drug-likeness (QED) is 0.758. The van der Waals surface area contributed by atoms with Crippen molar-refractivity contribution in [3.8, 4) is 0 Å². The molecule has 0 atom stereocenters. The van der Waals surface area contributed by atoms with E-state index >= 15 is 0 Å². The Bertz CT molecular complexity index is 841. The van der Waals surface area contributed by atoms with Crippen molar-refractivity contribution in [2.75, 3.05) is 17.2 Å². The first kappa shape index (κ1) is 15.0. The van der Waals surface area contributed by atoms with E-state index in [0.29, 0.717) is 5.56 Å². The van der Waals surface area contributed by atoms with Crippen LogP contribution in [0, 0.1) is 6.92 Å². The molecule has 0 fully saturated rings. The van der Waals surface area contributed by atoms with Gasteiger partial charge in [0.25, 0.3) is 5.91 Å². The maximum absolute atomic E-state index is 12.5. The Hall–Kier alpha value is -2.88. The Kier molecular flexibility index (Phi) is 4.24. The first-order valence-electron chi connectivity index (χ1n) is 7.69. The lowest BCUT2D eigenvalue weighted by Gasteiger charge is -2.09. The normalized spacial score (nSPS) is 10.5. The van der Waals surface area contributed by atoms with Gasteiger partial charge in [-0.2, -0.15) is 0 Å². The van der Waals surface area contributed by atoms with Gasteiger partial charge in [-0.05, 0) is 50.2 Å². The van der Waals surface area contributed by atoms with Crippen LogP contribution in [0.4, 0.5) is 11.4 Å². The number of anilines is 2. The van der Waals surface area contributed by atoms with Crippen LogP contribution >= 0.6 is 0 Å². The molecule has 2 aromatic carbocycles. The lowest BCUT2D eigenvalue weighted by molar-refractivity contribution is 0.102. The van der Waals surface area contributed by atoms with Crippen LogP contribution in [0.5, 0.6) is 0 Å². The van der Waals surface area contributed by atoms with Crippen molar-refractivity contribution in [3.05, 3.63) is 65.9 Å².